The van der Waals surface area contributed by atoms with Gasteiger partial charge in [0.05, 0.1) is 24.0 Å². The Morgan fingerprint density at radius 2 is 1.88 bits per heavy atom. The number of furan rings is 1. The van der Waals surface area contributed by atoms with E-state index in [1.807, 2.05) is 48.5 Å². The molecule has 0 bridgehead atoms. The van der Waals surface area contributed by atoms with Gasteiger partial charge in [0.2, 0.25) is 5.95 Å². The standard InChI is InChI=1S/C18H15N5O/c1-4-13-5-2-9-19-17(13)15(7-1)22-18-20-10-8-16(23-18)21-12-14-6-3-11-24-14/h1-11H,12H2,(H2,20,21,22,23). The SMILES string of the molecule is c1coc(CNc2ccnc(Nc3cccc4cccnc34)n2)c1. The van der Waals surface area contributed by atoms with Gasteiger partial charge in [-0.3, -0.25) is 4.98 Å². The smallest absolute Gasteiger partial charge is 0.229 e. The largest absolute Gasteiger partial charge is 0.467 e. The van der Waals surface area contributed by atoms with Gasteiger partial charge in [-0.05, 0) is 30.3 Å². The predicted octanol–water partition coefficient (Wildman–Crippen LogP) is 3.97. The fourth-order valence-electron chi connectivity index (χ4n) is 2.43. The number of para-hydroxylation sites is 1. The van der Waals surface area contributed by atoms with Crippen LogP contribution in [0.25, 0.3) is 10.9 Å². The van der Waals surface area contributed by atoms with Crippen molar-refractivity contribution in [3.63, 3.8) is 0 Å². The Morgan fingerprint density at radius 1 is 0.917 bits per heavy atom. The molecule has 6 nitrogen and oxygen atoms in total. The summed E-state index contributed by atoms with van der Waals surface area (Å²) in [6.45, 7) is 0.569. The molecule has 1 aromatic carbocycles. The lowest BCUT2D eigenvalue weighted by Gasteiger charge is -2.09. The summed E-state index contributed by atoms with van der Waals surface area (Å²) in [5.74, 6) is 2.08. The van der Waals surface area contributed by atoms with E-state index in [9.17, 15) is 0 Å². The van der Waals surface area contributed by atoms with Crippen LogP contribution in [0.2, 0.25) is 0 Å². The second kappa shape index (κ2) is 6.37. The van der Waals surface area contributed by atoms with Gasteiger partial charge in [-0.1, -0.05) is 18.2 Å². The Bertz CT molecular complexity index is 947. The third kappa shape index (κ3) is 3.03. The van der Waals surface area contributed by atoms with Crippen LogP contribution in [0.5, 0.6) is 0 Å². The summed E-state index contributed by atoms with van der Waals surface area (Å²) in [4.78, 5) is 13.2. The third-order valence-electron chi connectivity index (χ3n) is 3.56. The number of hydrogen-bond donors (Lipinski definition) is 2. The molecule has 0 fully saturated rings. The molecule has 0 radical (unpaired) electrons. The Morgan fingerprint density at radius 3 is 2.79 bits per heavy atom. The summed E-state index contributed by atoms with van der Waals surface area (Å²) in [6.07, 6.45) is 5.13. The van der Waals surface area contributed by atoms with Crippen molar-refractivity contribution in [1.29, 1.82) is 0 Å². The Kier molecular flexibility index (Phi) is 3.77. The average molecular weight is 317 g/mol. The molecule has 24 heavy (non-hydrogen) atoms. The van der Waals surface area contributed by atoms with E-state index in [2.05, 4.69) is 25.6 Å². The van der Waals surface area contributed by atoms with Crippen molar-refractivity contribution in [2.75, 3.05) is 10.6 Å². The molecule has 0 aliphatic carbocycles. The molecule has 0 aliphatic rings. The lowest BCUT2D eigenvalue weighted by Crippen LogP contribution is -2.04. The molecule has 0 unspecified atom stereocenters. The maximum absolute atomic E-state index is 5.30. The molecule has 0 amide bonds. The van der Waals surface area contributed by atoms with Gasteiger partial charge in [0, 0.05) is 17.8 Å². The van der Waals surface area contributed by atoms with Crippen molar-refractivity contribution in [3.05, 3.63) is 72.9 Å². The topological polar surface area (TPSA) is 75.9 Å². The number of hydrogen-bond acceptors (Lipinski definition) is 6. The second-order valence-corrected chi connectivity index (χ2v) is 5.20. The van der Waals surface area contributed by atoms with Gasteiger partial charge >= 0.3 is 0 Å². The molecule has 0 saturated carbocycles. The molecule has 3 aromatic heterocycles. The minimum absolute atomic E-state index is 0.512. The number of pyridine rings is 1. The first-order valence-electron chi connectivity index (χ1n) is 7.58. The van der Waals surface area contributed by atoms with Gasteiger partial charge in [-0.15, -0.1) is 0 Å². The summed E-state index contributed by atoms with van der Waals surface area (Å²) in [6, 6.07) is 15.5. The quantitative estimate of drug-likeness (QED) is 0.580. The number of nitrogens with one attached hydrogen (secondary N) is 2. The van der Waals surface area contributed by atoms with Crippen LogP contribution in [0.4, 0.5) is 17.5 Å². The highest BCUT2D eigenvalue weighted by atomic mass is 16.3. The van der Waals surface area contributed by atoms with E-state index in [4.69, 9.17) is 4.42 Å². The maximum atomic E-state index is 5.30. The maximum Gasteiger partial charge on any atom is 0.229 e. The molecule has 0 spiro atoms. The number of anilines is 3. The first kappa shape index (κ1) is 14.2. The number of benzene rings is 1. The summed E-state index contributed by atoms with van der Waals surface area (Å²) < 4.78 is 5.30. The van der Waals surface area contributed by atoms with Crippen LogP contribution in [-0.2, 0) is 6.54 Å². The highest BCUT2D eigenvalue weighted by Gasteiger charge is 2.05. The van der Waals surface area contributed by atoms with E-state index in [0.29, 0.717) is 12.5 Å². The molecule has 0 atom stereocenters. The van der Waals surface area contributed by atoms with Crippen molar-refractivity contribution in [1.82, 2.24) is 15.0 Å². The number of nitrogens with zero attached hydrogens (tertiary/aromatic N) is 3. The van der Waals surface area contributed by atoms with E-state index < -0.39 is 0 Å². The zero-order valence-corrected chi connectivity index (χ0v) is 12.8. The molecule has 0 saturated heterocycles. The molecule has 4 rings (SSSR count). The van der Waals surface area contributed by atoms with Crippen molar-refractivity contribution >= 4 is 28.4 Å². The van der Waals surface area contributed by atoms with E-state index in [1.165, 1.54) is 0 Å². The van der Waals surface area contributed by atoms with Gasteiger partial charge < -0.3 is 15.1 Å². The van der Waals surface area contributed by atoms with Gasteiger partial charge in [0.25, 0.3) is 0 Å². The van der Waals surface area contributed by atoms with Crippen molar-refractivity contribution in [2.24, 2.45) is 0 Å². The third-order valence-corrected chi connectivity index (χ3v) is 3.56. The monoisotopic (exact) mass is 317 g/mol. The summed E-state index contributed by atoms with van der Waals surface area (Å²) >= 11 is 0. The lowest BCUT2D eigenvalue weighted by atomic mass is 10.2. The van der Waals surface area contributed by atoms with Crippen LogP contribution in [0.3, 0.4) is 0 Å². The summed E-state index contributed by atoms with van der Waals surface area (Å²) in [5.41, 5.74) is 1.76. The van der Waals surface area contributed by atoms with Crippen molar-refractivity contribution < 1.29 is 4.42 Å². The number of fused-ring (bicyclic) bond motifs is 1. The first-order chi connectivity index (χ1) is 11.9. The molecule has 4 aromatic rings. The van der Waals surface area contributed by atoms with Gasteiger partial charge in [0.1, 0.15) is 11.6 Å². The van der Waals surface area contributed by atoms with Crippen molar-refractivity contribution in [2.45, 2.75) is 6.54 Å². The van der Waals surface area contributed by atoms with Crippen LogP contribution >= 0.6 is 0 Å². The van der Waals surface area contributed by atoms with E-state index in [0.717, 1.165) is 28.2 Å². The lowest BCUT2D eigenvalue weighted by molar-refractivity contribution is 0.518. The fourth-order valence-corrected chi connectivity index (χ4v) is 2.43. The van der Waals surface area contributed by atoms with E-state index in [-0.39, 0.29) is 0 Å². The van der Waals surface area contributed by atoms with Gasteiger partial charge in [0.15, 0.2) is 0 Å². The zero-order valence-electron chi connectivity index (χ0n) is 12.8. The molecule has 3 heterocycles. The summed E-state index contributed by atoms with van der Waals surface area (Å²) in [5, 5.41) is 7.51. The van der Waals surface area contributed by atoms with Gasteiger partial charge in [-0.2, -0.15) is 4.98 Å². The summed E-state index contributed by atoms with van der Waals surface area (Å²) in [7, 11) is 0. The highest BCUT2D eigenvalue weighted by Crippen LogP contribution is 2.23. The molecule has 6 heteroatoms. The Hall–Kier alpha value is -3.41. The Balaban J connectivity index is 1.55. The van der Waals surface area contributed by atoms with Crippen LogP contribution < -0.4 is 10.6 Å². The minimum Gasteiger partial charge on any atom is -0.467 e. The molecule has 118 valence electrons. The highest BCUT2D eigenvalue weighted by molar-refractivity contribution is 5.91. The van der Waals surface area contributed by atoms with E-state index in [1.54, 1.807) is 18.7 Å². The minimum atomic E-state index is 0.512. The van der Waals surface area contributed by atoms with Crippen LogP contribution in [0.1, 0.15) is 5.76 Å². The van der Waals surface area contributed by atoms with Crippen LogP contribution in [-0.4, -0.2) is 15.0 Å². The van der Waals surface area contributed by atoms with Gasteiger partial charge in [-0.25, -0.2) is 4.98 Å². The molecular formula is C18H15N5O. The molecule has 0 aliphatic heterocycles. The zero-order chi connectivity index (χ0) is 16.2. The first-order valence-corrected chi connectivity index (χ1v) is 7.58. The molecular weight excluding hydrogens is 302 g/mol. The van der Waals surface area contributed by atoms with Crippen LogP contribution in [0, 0.1) is 0 Å². The Labute approximate surface area is 138 Å². The van der Waals surface area contributed by atoms with Crippen molar-refractivity contribution in [3.8, 4) is 0 Å². The molecule has 2 N–H and O–H groups in total. The van der Waals surface area contributed by atoms with Crippen LogP contribution in [0.15, 0.2) is 71.6 Å². The van der Waals surface area contributed by atoms with E-state index >= 15 is 0 Å². The average Bonchev–Trinajstić information content (AvgIpc) is 3.14. The normalized spacial score (nSPS) is 10.7. The fraction of sp³-hybridized carbons (Fsp3) is 0.0556. The second-order valence-electron chi connectivity index (χ2n) is 5.20. The predicted molar refractivity (Wildman–Crippen MR) is 93.1 cm³/mol. The number of rotatable bonds is 5. The number of aromatic nitrogens is 3.